The number of benzene rings is 1. The number of aromatic nitrogens is 2. The fraction of sp³-hybridized carbons (Fsp3) is 0. The van der Waals surface area contributed by atoms with E-state index in [2.05, 4.69) is 10.1 Å². The average molecular weight is 278 g/mol. The number of anilines is 1. The van der Waals surface area contributed by atoms with Crippen LogP contribution in [0, 0.1) is 0 Å². The van der Waals surface area contributed by atoms with Crippen LogP contribution in [0.1, 0.15) is 0 Å². The van der Waals surface area contributed by atoms with Crippen molar-refractivity contribution in [2.45, 2.75) is 0 Å². The largest absolute Gasteiger partial charge is 0.398 e. The van der Waals surface area contributed by atoms with Crippen molar-refractivity contribution in [1.29, 1.82) is 0 Å². The van der Waals surface area contributed by atoms with Gasteiger partial charge in [-0.15, -0.1) is 0 Å². The summed E-state index contributed by atoms with van der Waals surface area (Å²) in [6.07, 6.45) is 0. The van der Waals surface area contributed by atoms with E-state index >= 15 is 0 Å². The fourth-order valence-electron chi connectivity index (χ4n) is 1.57. The van der Waals surface area contributed by atoms with Crippen molar-refractivity contribution in [3.8, 4) is 22.8 Å². The highest BCUT2D eigenvalue weighted by atomic mass is 35.5. The predicted molar refractivity (Wildman–Crippen MR) is 72.5 cm³/mol. The van der Waals surface area contributed by atoms with Crippen LogP contribution in [0.4, 0.5) is 5.69 Å². The van der Waals surface area contributed by atoms with Crippen molar-refractivity contribution in [2.24, 2.45) is 0 Å². The molecule has 4 nitrogen and oxygen atoms in total. The lowest BCUT2D eigenvalue weighted by Gasteiger charge is -1.99. The van der Waals surface area contributed by atoms with Gasteiger partial charge in [-0.2, -0.15) is 16.3 Å². The number of rotatable bonds is 2. The van der Waals surface area contributed by atoms with E-state index in [-0.39, 0.29) is 0 Å². The number of nitrogen functional groups attached to an aromatic ring is 1. The highest BCUT2D eigenvalue weighted by Gasteiger charge is 2.13. The zero-order valence-electron chi connectivity index (χ0n) is 9.13. The molecule has 2 heterocycles. The van der Waals surface area contributed by atoms with Crippen LogP contribution in [-0.4, -0.2) is 10.1 Å². The molecule has 0 amide bonds. The van der Waals surface area contributed by atoms with E-state index < -0.39 is 0 Å². The van der Waals surface area contributed by atoms with Gasteiger partial charge in [0.2, 0.25) is 5.82 Å². The molecule has 2 aromatic heterocycles. The van der Waals surface area contributed by atoms with Crippen molar-refractivity contribution in [1.82, 2.24) is 10.1 Å². The molecule has 2 N–H and O–H groups in total. The molecule has 18 heavy (non-hydrogen) atoms. The summed E-state index contributed by atoms with van der Waals surface area (Å²) in [5.41, 5.74) is 8.01. The summed E-state index contributed by atoms with van der Waals surface area (Å²) >= 11 is 7.43. The summed E-state index contributed by atoms with van der Waals surface area (Å²) in [5.74, 6) is 0.950. The molecular weight excluding hydrogens is 270 g/mol. The van der Waals surface area contributed by atoms with Crippen molar-refractivity contribution < 1.29 is 4.52 Å². The lowest BCUT2D eigenvalue weighted by Crippen LogP contribution is -1.89. The van der Waals surface area contributed by atoms with Gasteiger partial charge in [-0.3, -0.25) is 0 Å². The minimum Gasteiger partial charge on any atom is -0.398 e. The molecule has 0 fully saturated rings. The standard InChI is InChI=1S/C12H8ClN3OS/c13-8-1-2-9(10(14)5-8)12-15-11(16-17-12)7-3-4-18-6-7/h1-6H,14H2. The third kappa shape index (κ3) is 1.98. The molecule has 90 valence electrons. The summed E-state index contributed by atoms with van der Waals surface area (Å²) in [6, 6.07) is 7.10. The van der Waals surface area contributed by atoms with Crippen LogP contribution in [-0.2, 0) is 0 Å². The summed E-state index contributed by atoms with van der Waals surface area (Å²) in [6.45, 7) is 0. The van der Waals surface area contributed by atoms with Gasteiger partial charge >= 0.3 is 0 Å². The van der Waals surface area contributed by atoms with Gasteiger partial charge in [0.05, 0.1) is 5.56 Å². The third-order valence-corrected chi connectivity index (χ3v) is 3.37. The van der Waals surface area contributed by atoms with Crippen molar-refractivity contribution in [3.63, 3.8) is 0 Å². The second-order valence-electron chi connectivity index (χ2n) is 3.67. The molecule has 0 atom stereocenters. The number of halogens is 1. The summed E-state index contributed by atoms with van der Waals surface area (Å²) in [7, 11) is 0. The molecule has 0 aliphatic heterocycles. The van der Waals surface area contributed by atoms with Gasteiger partial charge in [0.15, 0.2) is 0 Å². The van der Waals surface area contributed by atoms with E-state index in [1.807, 2.05) is 16.8 Å². The van der Waals surface area contributed by atoms with Crippen LogP contribution in [0.5, 0.6) is 0 Å². The first kappa shape index (κ1) is 11.3. The van der Waals surface area contributed by atoms with Gasteiger partial charge in [0.25, 0.3) is 5.89 Å². The molecule has 3 rings (SSSR count). The second kappa shape index (κ2) is 4.44. The molecule has 0 unspecified atom stereocenters. The highest BCUT2D eigenvalue weighted by Crippen LogP contribution is 2.29. The molecule has 0 bridgehead atoms. The number of hydrogen-bond acceptors (Lipinski definition) is 5. The molecule has 0 aliphatic rings. The van der Waals surface area contributed by atoms with Crippen LogP contribution in [0.25, 0.3) is 22.8 Å². The Morgan fingerprint density at radius 1 is 1.28 bits per heavy atom. The normalized spacial score (nSPS) is 10.7. The van der Waals surface area contributed by atoms with E-state index in [1.54, 1.807) is 29.5 Å². The predicted octanol–water partition coefficient (Wildman–Crippen LogP) is 3.70. The Morgan fingerprint density at radius 2 is 2.17 bits per heavy atom. The Kier molecular flexibility index (Phi) is 2.77. The van der Waals surface area contributed by atoms with Crippen LogP contribution in [0.2, 0.25) is 5.02 Å². The molecule has 6 heteroatoms. The molecule has 0 spiro atoms. The zero-order chi connectivity index (χ0) is 12.5. The first-order valence-corrected chi connectivity index (χ1v) is 6.48. The van der Waals surface area contributed by atoms with Gasteiger partial charge in [-0.05, 0) is 29.6 Å². The van der Waals surface area contributed by atoms with E-state index in [0.29, 0.717) is 28.0 Å². The SMILES string of the molecule is Nc1cc(Cl)ccc1-c1nc(-c2ccsc2)no1. The Bertz CT molecular complexity index is 678. The Hall–Kier alpha value is -1.85. The van der Waals surface area contributed by atoms with Crippen LogP contribution >= 0.6 is 22.9 Å². The Labute approximate surface area is 112 Å². The van der Waals surface area contributed by atoms with Crippen molar-refractivity contribution in [3.05, 3.63) is 40.0 Å². The molecule has 3 aromatic rings. The molecule has 0 radical (unpaired) electrons. The Morgan fingerprint density at radius 3 is 2.89 bits per heavy atom. The number of thiophene rings is 1. The lowest BCUT2D eigenvalue weighted by atomic mass is 10.2. The van der Waals surface area contributed by atoms with Gasteiger partial charge in [0.1, 0.15) is 0 Å². The Balaban J connectivity index is 2.03. The highest BCUT2D eigenvalue weighted by molar-refractivity contribution is 7.08. The van der Waals surface area contributed by atoms with Crippen LogP contribution < -0.4 is 5.73 Å². The smallest absolute Gasteiger partial charge is 0.260 e. The van der Waals surface area contributed by atoms with Crippen LogP contribution in [0.3, 0.4) is 0 Å². The van der Waals surface area contributed by atoms with Crippen LogP contribution in [0.15, 0.2) is 39.5 Å². The first-order valence-electron chi connectivity index (χ1n) is 5.16. The van der Waals surface area contributed by atoms with Gasteiger partial charge < -0.3 is 10.3 Å². The maximum atomic E-state index is 5.87. The zero-order valence-corrected chi connectivity index (χ0v) is 10.7. The third-order valence-electron chi connectivity index (χ3n) is 2.45. The lowest BCUT2D eigenvalue weighted by molar-refractivity contribution is 0.432. The quantitative estimate of drug-likeness (QED) is 0.725. The van der Waals surface area contributed by atoms with Gasteiger partial charge in [-0.1, -0.05) is 16.8 Å². The minimum atomic E-state index is 0.394. The number of nitrogens with zero attached hydrogens (tertiary/aromatic N) is 2. The molecule has 1 aromatic carbocycles. The van der Waals surface area contributed by atoms with E-state index in [0.717, 1.165) is 5.56 Å². The van der Waals surface area contributed by atoms with Crippen molar-refractivity contribution in [2.75, 3.05) is 5.73 Å². The molecule has 0 saturated heterocycles. The first-order chi connectivity index (χ1) is 8.74. The number of hydrogen-bond donors (Lipinski definition) is 1. The monoisotopic (exact) mass is 277 g/mol. The summed E-state index contributed by atoms with van der Waals surface area (Å²) < 4.78 is 5.22. The summed E-state index contributed by atoms with van der Waals surface area (Å²) in [4.78, 5) is 4.32. The van der Waals surface area contributed by atoms with Gasteiger partial charge in [-0.25, -0.2) is 0 Å². The van der Waals surface area contributed by atoms with E-state index in [1.165, 1.54) is 0 Å². The molecule has 0 aliphatic carbocycles. The molecular formula is C12H8ClN3OS. The maximum absolute atomic E-state index is 5.87. The minimum absolute atomic E-state index is 0.394. The van der Waals surface area contributed by atoms with E-state index in [9.17, 15) is 0 Å². The fourth-order valence-corrected chi connectivity index (χ4v) is 2.39. The number of nitrogens with two attached hydrogens (primary N) is 1. The average Bonchev–Trinajstić information content (AvgIpc) is 2.99. The summed E-state index contributed by atoms with van der Waals surface area (Å²) in [5, 5.41) is 8.43. The van der Waals surface area contributed by atoms with E-state index in [4.69, 9.17) is 21.9 Å². The second-order valence-corrected chi connectivity index (χ2v) is 4.88. The maximum Gasteiger partial charge on any atom is 0.260 e. The topological polar surface area (TPSA) is 64.9 Å². The van der Waals surface area contributed by atoms with Crippen molar-refractivity contribution >= 4 is 28.6 Å². The van der Waals surface area contributed by atoms with Gasteiger partial charge in [0, 0.05) is 21.7 Å². The molecule has 0 saturated carbocycles.